The lowest BCUT2D eigenvalue weighted by atomic mass is 9.43. The van der Waals surface area contributed by atoms with Crippen LogP contribution in [0.2, 0.25) is 0 Å². The summed E-state index contributed by atoms with van der Waals surface area (Å²) in [5.41, 5.74) is 0.155. The van der Waals surface area contributed by atoms with E-state index in [1.807, 2.05) is 0 Å². The molecule has 12 atom stereocenters. The number of ether oxygens (including phenoxy) is 2. The molecule has 0 amide bonds. The molecule has 4 saturated carbocycles. The second-order valence-electron chi connectivity index (χ2n) is 13.0. The molecule has 6 rings (SSSR count). The minimum Gasteiger partial charge on any atom is -0.393 e. The van der Waals surface area contributed by atoms with Gasteiger partial charge in [-0.05, 0) is 73.5 Å². The molecule has 6 aliphatic rings. The van der Waals surface area contributed by atoms with E-state index in [4.69, 9.17) is 9.47 Å². The SMILES string of the molecule is CC1CCC2(OC1)OC1CC3C4CCC5CC(=O)CC[C@]5(C)C4C[C@H](O)[C@]3(C)C1C2C. The molecule has 1 N–H and O–H groups in total. The van der Waals surface area contributed by atoms with Crippen molar-refractivity contribution in [2.45, 2.75) is 103 Å². The quantitative estimate of drug-likeness (QED) is 0.589. The summed E-state index contributed by atoms with van der Waals surface area (Å²) < 4.78 is 13.2. The Bertz CT molecular complexity index is 756. The van der Waals surface area contributed by atoms with Gasteiger partial charge in [-0.1, -0.05) is 27.7 Å². The van der Waals surface area contributed by atoms with Gasteiger partial charge >= 0.3 is 0 Å². The van der Waals surface area contributed by atoms with Crippen molar-refractivity contribution in [2.75, 3.05) is 6.61 Å². The highest BCUT2D eigenvalue weighted by Gasteiger charge is 2.71. The number of aliphatic hydroxyl groups is 1. The van der Waals surface area contributed by atoms with Crippen LogP contribution >= 0.6 is 0 Å². The van der Waals surface area contributed by atoms with E-state index in [1.54, 1.807) is 0 Å². The van der Waals surface area contributed by atoms with Crippen LogP contribution in [0.15, 0.2) is 0 Å². The predicted molar refractivity (Wildman–Crippen MR) is 118 cm³/mol. The molecule has 1 spiro atoms. The molecule has 6 fully saturated rings. The maximum Gasteiger partial charge on any atom is 0.171 e. The fourth-order valence-corrected chi connectivity index (χ4v) is 10.0. The standard InChI is InChI=1S/C27H42O4/c1-15-7-10-27(30-14-15)16(2)24-22(31-27)12-21-19-6-5-17-11-18(28)8-9-25(17,3)20(19)13-23(29)26(21,24)4/h15-17,19-24,29H,5-14H2,1-4H3/t15?,16?,17?,19?,20?,21?,22?,23-,24?,25-,26+,27?/m0/s1. The highest BCUT2D eigenvalue weighted by atomic mass is 16.7. The van der Waals surface area contributed by atoms with Gasteiger partial charge in [-0.25, -0.2) is 0 Å². The van der Waals surface area contributed by atoms with E-state index in [0.717, 1.165) is 45.1 Å². The topological polar surface area (TPSA) is 55.8 Å². The molecular formula is C27H42O4. The summed E-state index contributed by atoms with van der Waals surface area (Å²) in [6.45, 7) is 10.3. The van der Waals surface area contributed by atoms with Crippen LogP contribution in [0.5, 0.6) is 0 Å². The molecule has 0 aromatic carbocycles. The number of carbonyl (C=O) groups excluding carboxylic acids is 1. The van der Waals surface area contributed by atoms with Crippen LogP contribution < -0.4 is 0 Å². The number of fused-ring (bicyclic) bond motifs is 7. The van der Waals surface area contributed by atoms with Crippen molar-refractivity contribution in [1.29, 1.82) is 0 Å². The molecule has 0 aromatic heterocycles. The number of hydrogen-bond donors (Lipinski definition) is 1. The lowest BCUT2D eigenvalue weighted by Gasteiger charge is -2.62. The molecule has 9 unspecified atom stereocenters. The first-order valence-electron chi connectivity index (χ1n) is 13.2. The average molecular weight is 431 g/mol. The summed E-state index contributed by atoms with van der Waals surface area (Å²) in [7, 11) is 0. The number of carbonyl (C=O) groups is 1. The number of aliphatic hydroxyl groups excluding tert-OH is 1. The second-order valence-corrected chi connectivity index (χ2v) is 13.0. The average Bonchev–Trinajstić information content (AvgIpc) is 3.18. The molecule has 2 heterocycles. The van der Waals surface area contributed by atoms with Crippen LogP contribution in [0, 0.1) is 52.3 Å². The largest absolute Gasteiger partial charge is 0.393 e. The Hall–Kier alpha value is -0.450. The first-order valence-corrected chi connectivity index (χ1v) is 13.2. The number of hydrogen-bond acceptors (Lipinski definition) is 4. The zero-order chi connectivity index (χ0) is 21.8. The van der Waals surface area contributed by atoms with Gasteiger partial charge in [0.15, 0.2) is 5.79 Å². The Morgan fingerprint density at radius 1 is 1.03 bits per heavy atom. The molecule has 174 valence electrons. The second kappa shape index (κ2) is 6.79. The zero-order valence-corrected chi connectivity index (χ0v) is 19.9. The van der Waals surface area contributed by atoms with Gasteiger partial charge in [0, 0.05) is 36.5 Å². The van der Waals surface area contributed by atoms with Gasteiger partial charge in [0.2, 0.25) is 0 Å². The third-order valence-electron chi connectivity index (χ3n) is 11.9. The smallest absolute Gasteiger partial charge is 0.171 e. The van der Waals surface area contributed by atoms with Gasteiger partial charge in [-0.3, -0.25) is 4.79 Å². The summed E-state index contributed by atoms with van der Waals surface area (Å²) >= 11 is 0. The Morgan fingerprint density at radius 2 is 1.84 bits per heavy atom. The van der Waals surface area contributed by atoms with E-state index in [1.165, 1.54) is 19.3 Å². The van der Waals surface area contributed by atoms with Gasteiger partial charge in [-0.2, -0.15) is 0 Å². The third kappa shape index (κ3) is 2.68. The lowest BCUT2D eigenvalue weighted by molar-refractivity contribution is -0.274. The van der Waals surface area contributed by atoms with Gasteiger partial charge in [0.1, 0.15) is 5.78 Å². The number of Topliss-reactive ketones (excluding diaryl/α,β-unsaturated/α-hetero) is 1. The highest BCUT2D eigenvalue weighted by molar-refractivity contribution is 5.79. The Balaban J connectivity index is 1.30. The van der Waals surface area contributed by atoms with Crippen LogP contribution in [0.1, 0.15) is 85.5 Å². The van der Waals surface area contributed by atoms with Crippen molar-refractivity contribution in [1.82, 2.24) is 0 Å². The van der Waals surface area contributed by atoms with E-state index >= 15 is 0 Å². The van der Waals surface area contributed by atoms with Crippen molar-refractivity contribution in [2.24, 2.45) is 52.3 Å². The fraction of sp³-hybridized carbons (Fsp3) is 0.963. The van der Waals surface area contributed by atoms with E-state index in [-0.39, 0.29) is 23.0 Å². The van der Waals surface area contributed by atoms with Crippen LogP contribution in [0.4, 0.5) is 0 Å². The maximum atomic E-state index is 12.2. The van der Waals surface area contributed by atoms with Gasteiger partial charge in [0.25, 0.3) is 0 Å². The van der Waals surface area contributed by atoms with Gasteiger partial charge in [-0.15, -0.1) is 0 Å². The first-order chi connectivity index (χ1) is 14.7. The summed E-state index contributed by atoms with van der Waals surface area (Å²) in [6.07, 6.45) is 9.12. The molecule has 4 heteroatoms. The Morgan fingerprint density at radius 3 is 2.58 bits per heavy atom. The Kier molecular flexibility index (Phi) is 4.62. The molecule has 0 aromatic rings. The van der Waals surface area contributed by atoms with Crippen LogP contribution in [-0.2, 0) is 14.3 Å². The van der Waals surface area contributed by atoms with E-state index in [9.17, 15) is 9.90 Å². The van der Waals surface area contributed by atoms with Crippen molar-refractivity contribution in [3.8, 4) is 0 Å². The minimum absolute atomic E-state index is 0.0745. The normalized spacial score (nSPS) is 60.9. The van der Waals surface area contributed by atoms with Crippen molar-refractivity contribution in [3.63, 3.8) is 0 Å². The van der Waals surface area contributed by atoms with E-state index in [0.29, 0.717) is 47.2 Å². The monoisotopic (exact) mass is 430 g/mol. The summed E-state index contributed by atoms with van der Waals surface area (Å²) in [4.78, 5) is 12.2. The van der Waals surface area contributed by atoms with Crippen molar-refractivity contribution >= 4 is 5.78 Å². The van der Waals surface area contributed by atoms with Crippen LogP contribution in [0.25, 0.3) is 0 Å². The van der Waals surface area contributed by atoms with Crippen LogP contribution in [0.3, 0.4) is 0 Å². The minimum atomic E-state index is -0.417. The highest BCUT2D eigenvalue weighted by Crippen LogP contribution is 2.71. The number of ketones is 1. The third-order valence-corrected chi connectivity index (χ3v) is 11.9. The molecule has 0 bridgehead atoms. The lowest BCUT2D eigenvalue weighted by Crippen LogP contribution is -2.59. The summed E-state index contributed by atoms with van der Waals surface area (Å²) in [6, 6.07) is 0. The molecular weight excluding hydrogens is 388 g/mol. The molecule has 2 saturated heterocycles. The molecule has 4 nitrogen and oxygen atoms in total. The Labute approximate surface area is 187 Å². The van der Waals surface area contributed by atoms with Crippen molar-refractivity contribution < 1.29 is 19.4 Å². The molecule has 31 heavy (non-hydrogen) atoms. The molecule has 2 aliphatic heterocycles. The van der Waals surface area contributed by atoms with E-state index in [2.05, 4.69) is 27.7 Å². The summed E-state index contributed by atoms with van der Waals surface area (Å²) in [5.74, 6) is 3.69. The fourth-order valence-electron chi connectivity index (χ4n) is 10.0. The summed E-state index contributed by atoms with van der Waals surface area (Å²) in [5, 5.41) is 11.8. The predicted octanol–water partition coefficient (Wildman–Crippen LogP) is 4.97. The molecule has 4 aliphatic carbocycles. The number of rotatable bonds is 0. The van der Waals surface area contributed by atoms with E-state index < -0.39 is 5.79 Å². The van der Waals surface area contributed by atoms with Crippen LogP contribution in [-0.4, -0.2) is 35.5 Å². The van der Waals surface area contributed by atoms with Gasteiger partial charge in [0.05, 0.1) is 18.8 Å². The van der Waals surface area contributed by atoms with Gasteiger partial charge < -0.3 is 14.6 Å². The maximum absolute atomic E-state index is 12.2. The van der Waals surface area contributed by atoms with Crippen molar-refractivity contribution in [3.05, 3.63) is 0 Å². The first kappa shape index (κ1) is 21.1. The zero-order valence-electron chi connectivity index (χ0n) is 19.9. The molecule has 0 radical (unpaired) electrons.